The van der Waals surface area contributed by atoms with Crippen molar-refractivity contribution in [2.24, 2.45) is 0 Å². The number of rotatable bonds is 3. The summed E-state index contributed by atoms with van der Waals surface area (Å²) in [6.07, 6.45) is 2.10. The van der Waals surface area contributed by atoms with Gasteiger partial charge in [0.2, 0.25) is 0 Å². The van der Waals surface area contributed by atoms with Crippen LogP contribution < -0.4 is 11.2 Å². The molecule has 0 amide bonds. The van der Waals surface area contributed by atoms with Gasteiger partial charge in [0, 0.05) is 11.8 Å². The highest BCUT2D eigenvalue weighted by Gasteiger charge is 2.04. The first-order valence-corrected chi connectivity index (χ1v) is 5.78. The first-order valence-electron chi connectivity index (χ1n) is 5.41. The summed E-state index contributed by atoms with van der Waals surface area (Å²) in [4.78, 5) is 25.3. The van der Waals surface area contributed by atoms with Crippen molar-refractivity contribution in [3.05, 3.63) is 55.6 Å². The van der Waals surface area contributed by atoms with Crippen LogP contribution >= 0.6 is 11.6 Å². The molecule has 0 saturated carbocycles. The van der Waals surface area contributed by atoms with E-state index in [-0.39, 0.29) is 12.1 Å². The molecule has 0 aromatic carbocycles. The van der Waals surface area contributed by atoms with Crippen LogP contribution in [0, 0.1) is 0 Å². The van der Waals surface area contributed by atoms with Crippen LogP contribution in [-0.4, -0.2) is 19.7 Å². The van der Waals surface area contributed by atoms with Gasteiger partial charge in [0.15, 0.2) is 5.15 Å². The quantitative estimate of drug-likeness (QED) is 0.882. The monoisotopic (exact) mass is 266 g/mol. The van der Waals surface area contributed by atoms with Crippen LogP contribution in [0.5, 0.6) is 0 Å². The fourth-order valence-electron chi connectivity index (χ4n) is 1.53. The van der Waals surface area contributed by atoms with Crippen molar-refractivity contribution in [1.29, 1.82) is 0 Å². The van der Waals surface area contributed by atoms with Crippen molar-refractivity contribution < 1.29 is 0 Å². The maximum absolute atomic E-state index is 11.6. The summed E-state index contributed by atoms with van der Waals surface area (Å²) in [5.41, 5.74) is 0.335. The van der Waals surface area contributed by atoms with Crippen molar-refractivity contribution in [2.45, 2.75) is 19.9 Å². The summed E-state index contributed by atoms with van der Waals surface area (Å²) in [6, 6.07) is 3.28. The molecule has 2 aromatic rings. The minimum atomic E-state index is -0.464. The van der Waals surface area contributed by atoms with Gasteiger partial charge >= 0.3 is 5.69 Å². The molecule has 6 nitrogen and oxygen atoms in total. The van der Waals surface area contributed by atoms with Gasteiger partial charge in [0.1, 0.15) is 0 Å². The molecule has 0 aliphatic rings. The van der Waals surface area contributed by atoms with E-state index in [1.807, 2.05) is 6.92 Å². The molecule has 94 valence electrons. The molecule has 2 aromatic heterocycles. The molecule has 0 spiro atoms. The summed E-state index contributed by atoms with van der Waals surface area (Å²) < 4.78 is 1.39. The van der Waals surface area contributed by atoms with E-state index in [1.165, 1.54) is 10.8 Å². The van der Waals surface area contributed by atoms with E-state index in [9.17, 15) is 9.59 Å². The lowest BCUT2D eigenvalue weighted by Crippen LogP contribution is -2.32. The van der Waals surface area contributed by atoms with Crippen LogP contribution in [-0.2, 0) is 13.0 Å². The van der Waals surface area contributed by atoms with Gasteiger partial charge in [-0.15, -0.1) is 5.10 Å². The molecule has 0 fully saturated rings. The van der Waals surface area contributed by atoms with E-state index >= 15 is 0 Å². The second kappa shape index (κ2) is 5.14. The summed E-state index contributed by atoms with van der Waals surface area (Å²) in [7, 11) is 0. The van der Waals surface area contributed by atoms with Gasteiger partial charge in [-0.3, -0.25) is 14.3 Å². The summed E-state index contributed by atoms with van der Waals surface area (Å²) in [6.45, 7) is 2.09. The van der Waals surface area contributed by atoms with E-state index in [1.54, 1.807) is 12.1 Å². The number of aromatic nitrogens is 4. The fraction of sp³-hybridized carbons (Fsp3) is 0.273. The largest absolute Gasteiger partial charge is 0.328 e. The average molecular weight is 267 g/mol. The minimum Gasteiger partial charge on any atom is -0.294 e. The molecule has 0 aliphatic carbocycles. The summed E-state index contributed by atoms with van der Waals surface area (Å²) >= 11 is 5.62. The lowest BCUT2D eigenvalue weighted by atomic mass is 10.2. The molecule has 0 aliphatic heterocycles. The molecule has 0 unspecified atom stereocenters. The van der Waals surface area contributed by atoms with Gasteiger partial charge in [-0.25, -0.2) is 4.79 Å². The Balaban J connectivity index is 2.37. The molecule has 0 saturated heterocycles. The lowest BCUT2D eigenvalue weighted by molar-refractivity contribution is 0.684. The molecule has 7 heteroatoms. The van der Waals surface area contributed by atoms with E-state index in [0.29, 0.717) is 22.8 Å². The van der Waals surface area contributed by atoms with Crippen LogP contribution in [0.3, 0.4) is 0 Å². The molecular formula is C11H11ClN4O2. The number of hydrogen-bond acceptors (Lipinski definition) is 4. The van der Waals surface area contributed by atoms with Crippen LogP contribution in [0.4, 0.5) is 0 Å². The molecule has 2 heterocycles. The van der Waals surface area contributed by atoms with Gasteiger partial charge < -0.3 is 0 Å². The number of H-pyrrole nitrogens is 1. The van der Waals surface area contributed by atoms with Crippen molar-refractivity contribution in [1.82, 2.24) is 19.7 Å². The topological polar surface area (TPSA) is 80.6 Å². The van der Waals surface area contributed by atoms with Crippen LogP contribution in [0.25, 0.3) is 0 Å². The zero-order chi connectivity index (χ0) is 13.1. The van der Waals surface area contributed by atoms with Crippen LogP contribution in [0.15, 0.2) is 27.9 Å². The zero-order valence-corrected chi connectivity index (χ0v) is 10.4. The summed E-state index contributed by atoms with van der Waals surface area (Å²) in [5, 5.41) is 7.85. The van der Waals surface area contributed by atoms with E-state index in [4.69, 9.17) is 11.6 Å². The maximum Gasteiger partial charge on any atom is 0.328 e. The molecule has 18 heavy (non-hydrogen) atoms. The first kappa shape index (κ1) is 12.5. The number of halogens is 1. The third-order valence-electron chi connectivity index (χ3n) is 2.49. The SMILES string of the molecule is CCc1cn(Cc2ccc(Cl)nn2)c(=O)[nH]c1=O. The lowest BCUT2D eigenvalue weighted by Gasteiger charge is -2.05. The van der Waals surface area contributed by atoms with Crippen LogP contribution in [0.1, 0.15) is 18.2 Å². The van der Waals surface area contributed by atoms with Crippen molar-refractivity contribution in [2.75, 3.05) is 0 Å². The van der Waals surface area contributed by atoms with E-state index < -0.39 is 5.69 Å². The highest BCUT2D eigenvalue weighted by atomic mass is 35.5. The van der Waals surface area contributed by atoms with Gasteiger partial charge in [-0.2, -0.15) is 5.10 Å². The molecule has 1 N–H and O–H groups in total. The molecular weight excluding hydrogens is 256 g/mol. The molecule has 0 bridgehead atoms. The second-order valence-electron chi connectivity index (χ2n) is 3.74. The van der Waals surface area contributed by atoms with E-state index in [0.717, 1.165) is 0 Å². The predicted molar refractivity (Wildman–Crippen MR) is 66.8 cm³/mol. The summed E-state index contributed by atoms with van der Waals surface area (Å²) in [5.74, 6) is 0. The normalized spacial score (nSPS) is 10.6. The standard InChI is InChI=1S/C11H11ClN4O2/c1-2-7-5-16(11(18)13-10(7)17)6-8-3-4-9(12)15-14-8/h3-5H,2,6H2,1H3,(H,13,17,18). The number of aromatic amines is 1. The average Bonchev–Trinajstić information content (AvgIpc) is 2.35. The Labute approximate surface area is 107 Å². The number of hydrogen-bond donors (Lipinski definition) is 1. The highest BCUT2D eigenvalue weighted by molar-refractivity contribution is 6.29. The Morgan fingerprint density at radius 2 is 2.11 bits per heavy atom. The Morgan fingerprint density at radius 1 is 1.33 bits per heavy atom. The van der Waals surface area contributed by atoms with Gasteiger partial charge in [0.05, 0.1) is 12.2 Å². The molecule has 2 rings (SSSR count). The third kappa shape index (κ3) is 2.65. The second-order valence-corrected chi connectivity index (χ2v) is 4.13. The predicted octanol–water partition coefficient (Wildman–Crippen LogP) is 0.591. The number of nitrogens with one attached hydrogen (secondary N) is 1. The Morgan fingerprint density at radius 3 is 2.72 bits per heavy atom. The third-order valence-corrected chi connectivity index (χ3v) is 2.69. The van der Waals surface area contributed by atoms with Crippen LogP contribution in [0.2, 0.25) is 5.15 Å². The minimum absolute atomic E-state index is 0.243. The Bertz CT molecular complexity index is 660. The Kier molecular flexibility index (Phi) is 3.57. The van der Waals surface area contributed by atoms with Gasteiger partial charge in [-0.05, 0) is 18.6 Å². The molecule has 0 radical (unpaired) electrons. The number of aryl methyl sites for hydroxylation is 1. The first-order chi connectivity index (χ1) is 8.60. The fourth-order valence-corrected chi connectivity index (χ4v) is 1.63. The molecule has 0 atom stereocenters. The van der Waals surface area contributed by atoms with Gasteiger partial charge in [-0.1, -0.05) is 18.5 Å². The van der Waals surface area contributed by atoms with E-state index in [2.05, 4.69) is 15.2 Å². The van der Waals surface area contributed by atoms with Crippen molar-refractivity contribution >= 4 is 11.6 Å². The van der Waals surface area contributed by atoms with Crippen molar-refractivity contribution in [3.63, 3.8) is 0 Å². The maximum atomic E-state index is 11.6. The smallest absolute Gasteiger partial charge is 0.294 e. The van der Waals surface area contributed by atoms with Crippen molar-refractivity contribution in [3.8, 4) is 0 Å². The Hall–Kier alpha value is -1.95. The zero-order valence-electron chi connectivity index (χ0n) is 9.68. The van der Waals surface area contributed by atoms with Gasteiger partial charge in [0.25, 0.3) is 5.56 Å². The highest BCUT2D eigenvalue weighted by Crippen LogP contribution is 2.03. The number of nitrogens with zero attached hydrogens (tertiary/aromatic N) is 3.